The summed E-state index contributed by atoms with van der Waals surface area (Å²) in [6.07, 6.45) is -0.605. The number of hydrogen-bond acceptors (Lipinski definition) is 2. The lowest BCUT2D eigenvalue weighted by atomic mass is 9.98. The van der Waals surface area contributed by atoms with Crippen molar-refractivity contribution in [2.75, 3.05) is 7.11 Å². The van der Waals surface area contributed by atoms with E-state index in [2.05, 4.69) is 22.6 Å². The van der Waals surface area contributed by atoms with Gasteiger partial charge in [-0.3, -0.25) is 0 Å². The summed E-state index contributed by atoms with van der Waals surface area (Å²) in [5.74, 6) is 0.841. The van der Waals surface area contributed by atoms with Crippen LogP contribution >= 0.6 is 22.6 Å². The van der Waals surface area contributed by atoms with Crippen LogP contribution < -0.4 is 4.74 Å². The second kappa shape index (κ2) is 6.03. The van der Waals surface area contributed by atoms with Crippen LogP contribution in [0.4, 0.5) is 0 Å². The largest absolute Gasteiger partial charge is 0.497 e. The summed E-state index contributed by atoms with van der Waals surface area (Å²) in [6, 6.07) is 19.9. The Balaban J connectivity index is 2.00. The molecule has 0 spiro atoms. The molecule has 0 heterocycles. The third kappa shape index (κ3) is 3.04. The number of benzene rings is 3. The van der Waals surface area contributed by atoms with Gasteiger partial charge in [0, 0.05) is 3.57 Å². The minimum atomic E-state index is -0.605. The molecule has 0 aliphatic rings. The van der Waals surface area contributed by atoms with Gasteiger partial charge in [-0.1, -0.05) is 30.3 Å². The quantitative estimate of drug-likeness (QED) is 0.666. The van der Waals surface area contributed by atoms with Gasteiger partial charge in [-0.2, -0.15) is 0 Å². The van der Waals surface area contributed by atoms with E-state index in [1.165, 1.54) is 0 Å². The normalized spacial score (nSPS) is 12.3. The predicted octanol–water partition coefficient (Wildman–Crippen LogP) is 4.53. The van der Waals surface area contributed by atoms with Crippen molar-refractivity contribution in [2.24, 2.45) is 0 Å². The van der Waals surface area contributed by atoms with Crippen LogP contribution in [0.5, 0.6) is 5.75 Å². The molecule has 0 aliphatic heterocycles. The highest BCUT2D eigenvalue weighted by Gasteiger charge is 2.11. The van der Waals surface area contributed by atoms with Crippen molar-refractivity contribution >= 4 is 33.4 Å². The van der Waals surface area contributed by atoms with Crippen LogP contribution in [0.2, 0.25) is 0 Å². The molecular formula is C18H15IO2. The molecule has 21 heavy (non-hydrogen) atoms. The third-order valence-corrected chi connectivity index (χ3v) is 4.22. The highest BCUT2D eigenvalue weighted by Crippen LogP contribution is 2.28. The molecule has 2 nitrogen and oxygen atoms in total. The molecular weight excluding hydrogens is 375 g/mol. The van der Waals surface area contributed by atoms with E-state index >= 15 is 0 Å². The molecule has 3 heteroatoms. The molecule has 1 atom stereocenters. The van der Waals surface area contributed by atoms with Crippen LogP contribution in [0.25, 0.3) is 10.8 Å². The number of rotatable bonds is 3. The monoisotopic (exact) mass is 390 g/mol. The Kier molecular flexibility index (Phi) is 4.12. The fraction of sp³-hybridized carbons (Fsp3) is 0.111. The number of ether oxygens (including phenoxy) is 1. The molecule has 0 saturated carbocycles. The Morgan fingerprint density at radius 3 is 2.38 bits per heavy atom. The van der Waals surface area contributed by atoms with Crippen LogP contribution in [-0.4, -0.2) is 12.2 Å². The molecule has 1 N–H and O–H groups in total. The minimum absolute atomic E-state index is 0.605. The fourth-order valence-corrected chi connectivity index (χ4v) is 2.98. The zero-order valence-electron chi connectivity index (χ0n) is 11.6. The minimum Gasteiger partial charge on any atom is -0.497 e. The third-order valence-electron chi connectivity index (χ3n) is 3.55. The lowest BCUT2D eigenvalue weighted by Gasteiger charge is -2.13. The molecule has 0 radical (unpaired) electrons. The first-order valence-corrected chi connectivity index (χ1v) is 7.76. The summed E-state index contributed by atoms with van der Waals surface area (Å²) in [4.78, 5) is 0. The van der Waals surface area contributed by atoms with E-state index in [0.29, 0.717) is 0 Å². The highest BCUT2D eigenvalue weighted by molar-refractivity contribution is 14.1. The van der Waals surface area contributed by atoms with Crippen LogP contribution in [0.3, 0.4) is 0 Å². The maximum absolute atomic E-state index is 10.5. The number of fused-ring (bicyclic) bond motifs is 1. The first-order chi connectivity index (χ1) is 10.2. The van der Waals surface area contributed by atoms with Gasteiger partial charge < -0.3 is 9.84 Å². The first-order valence-electron chi connectivity index (χ1n) is 6.68. The zero-order valence-corrected chi connectivity index (χ0v) is 13.7. The van der Waals surface area contributed by atoms with Gasteiger partial charge in [-0.15, -0.1) is 0 Å². The number of aliphatic hydroxyl groups excluding tert-OH is 1. The molecule has 0 bridgehead atoms. The van der Waals surface area contributed by atoms with Crippen molar-refractivity contribution in [1.82, 2.24) is 0 Å². The van der Waals surface area contributed by atoms with Crippen LogP contribution in [0.15, 0.2) is 60.7 Å². The van der Waals surface area contributed by atoms with Crippen molar-refractivity contribution < 1.29 is 9.84 Å². The standard InChI is InChI=1S/C18H15IO2/c1-21-17-8-7-12-9-15(6-5-13(12)11-17)18(20)14-3-2-4-16(19)10-14/h2-11,18,20H,1H3. The van der Waals surface area contributed by atoms with Gasteiger partial charge in [0.05, 0.1) is 7.11 Å². The molecule has 0 saturated heterocycles. The Morgan fingerprint density at radius 2 is 1.62 bits per heavy atom. The summed E-state index contributed by atoms with van der Waals surface area (Å²) in [7, 11) is 1.66. The van der Waals surface area contributed by atoms with Gasteiger partial charge in [0.15, 0.2) is 0 Å². The summed E-state index contributed by atoms with van der Waals surface area (Å²) in [5, 5.41) is 12.7. The van der Waals surface area contributed by atoms with Gasteiger partial charge in [0.1, 0.15) is 11.9 Å². The lowest BCUT2D eigenvalue weighted by Crippen LogP contribution is -1.99. The van der Waals surface area contributed by atoms with Gasteiger partial charge in [-0.05, 0) is 74.8 Å². The Labute approximate surface area is 137 Å². The maximum Gasteiger partial charge on any atom is 0.119 e. The van der Waals surface area contributed by atoms with Gasteiger partial charge in [0.25, 0.3) is 0 Å². The molecule has 3 aromatic rings. The molecule has 0 aliphatic carbocycles. The van der Waals surface area contributed by atoms with Crippen molar-refractivity contribution in [3.63, 3.8) is 0 Å². The molecule has 106 valence electrons. The Bertz CT molecular complexity index is 783. The molecule has 0 amide bonds. The fourth-order valence-electron chi connectivity index (χ4n) is 2.41. The second-order valence-corrected chi connectivity index (χ2v) is 6.18. The first kappa shape index (κ1) is 14.4. The predicted molar refractivity (Wildman–Crippen MR) is 93.7 cm³/mol. The topological polar surface area (TPSA) is 29.5 Å². The van der Waals surface area contributed by atoms with Crippen molar-refractivity contribution in [3.05, 3.63) is 75.4 Å². The highest BCUT2D eigenvalue weighted by atomic mass is 127. The average molecular weight is 390 g/mol. The van der Waals surface area contributed by atoms with E-state index in [9.17, 15) is 5.11 Å². The van der Waals surface area contributed by atoms with Crippen molar-refractivity contribution in [2.45, 2.75) is 6.10 Å². The SMILES string of the molecule is COc1ccc2cc(C(O)c3cccc(I)c3)ccc2c1. The van der Waals surface area contributed by atoms with Gasteiger partial charge in [0.2, 0.25) is 0 Å². The van der Waals surface area contributed by atoms with E-state index < -0.39 is 6.10 Å². The average Bonchev–Trinajstić information content (AvgIpc) is 2.53. The molecule has 3 rings (SSSR count). The summed E-state index contributed by atoms with van der Waals surface area (Å²) < 4.78 is 6.35. The molecule has 0 fully saturated rings. The van der Waals surface area contributed by atoms with Crippen molar-refractivity contribution in [3.8, 4) is 5.75 Å². The summed E-state index contributed by atoms with van der Waals surface area (Å²) in [5.41, 5.74) is 1.81. The summed E-state index contributed by atoms with van der Waals surface area (Å²) in [6.45, 7) is 0. The second-order valence-electron chi connectivity index (χ2n) is 4.93. The number of methoxy groups -OCH3 is 1. The van der Waals surface area contributed by atoms with E-state index in [1.54, 1.807) is 7.11 Å². The van der Waals surface area contributed by atoms with Crippen LogP contribution in [0, 0.1) is 3.57 Å². The molecule has 1 unspecified atom stereocenters. The van der Waals surface area contributed by atoms with Gasteiger partial charge in [-0.25, -0.2) is 0 Å². The Morgan fingerprint density at radius 1 is 0.905 bits per heavy atom. The lowest BCUT2D eigenvalue weighted by molar-refractivity contribution is 0.220. The van der Waals surface area contributed by atoms with E-state index in [-0.39, 0.29) is 0 Å². The molecule has 0 aromatic heterocycles. The Hall–Kier alpha value is -1.59. The number of aliphatic hydroxyl groups is 1. The van der Waals surface area contributed by atoms with E-state index in [0.717, 1.165) is 31.2 Å². The van der Waals surface area contributed by atoms with Crippen molar-refractivity contribution in [1.29, 1.82) is 0 Å². The van der Waals surface area contributed by atoms with Crippen LogP contribution in [0.1, 0.15) is 17.2 Å². The molecule has 3 aromatic carbocycles. The van der Waals surface area contributed by atoms with Crippen LogP contribution in [-0.2, 0) is 0 Å². The maximum atomic E-state index is 10.5. The summed E-state index contributed by atoms with van der Waals surface area (Å²) >= 11 is 2.26. The zero-order chi connectivity index (χ0) is 14.8. The number of halogens is 1. The van der Waals surface area contributed by atoms with E-state index in [1.807, 2.05) is 60.7 Å². The van der Waals surface area contributed by atoms with Gasteiger partial charge >= 0.3 is 0 Å². The van der Waals surface area contributed by atoms with E-state index in [4.69, 9.17) is 4.74 Å². The number of hydrogen-bond donors (Lipinski definition) is 1. The smallest absolute Gasteiger partial charge is 0.119 e.